The quantitative estimate of drug-likeness (QED) is 0.733. The number of fused-ring (bicyclic) bond motifs is 4. The van der Waals surface area contributed by atoms with Crippen LogP contribution < -0.4 is 5.56 Å². The molecule has 0 radical (unpaired) electrons. The van der Waals surface area contributed by atoms with Gasteiger partial charge in [0.05, 0.1) is 5.69 Å². The predicted octanol–water partition coefficient (Wildman–Crippen LogP) is 1.60. The predicted molar refractivity (Wildman–Crippen MR) is 102 cm³/mol. The summed E-state index contributed by atoms with van der Waals surface area (Å²) in [5, 5.41) is 10.5. The average molecular weight is 376 g/mol. The van der Waals surface area contributed by atoms with Gasteiger partial charge in [0.1, 0.15) is 0 Å². The molecule has 5 heterocycles. The number of aryl methyl sites for hydroxylation is 1. The van der Waals surface area contributed by atoms with Crippen molar-refractivity contribution in [3.8, 4) is 11.1 Å². The summed E-state index contributed by atoms with van der Waals surface area (Å²) in [4.78, 5) is 31.7. The van der Waals surface area contributed by atoms with Gasteiger partial charge in [-0.1, -0.05) is 6.07 Å². The molecule has 2 aliphatic heterocycles. The van der Waals surface area contributed by atoms with Crippen molar-refractivity contribution in [1.29, 1.82) is 0 Å². The van der Waals surface area contributed by atoms with Gasteiger partial charge in [-0.05, 0) is 37.0 Å². The van der Waals surface area contributed by atoms with Crippen LogP contribution in [-0.2, 0) is 6.54 Å². The Morgan fingerprint density at radius 3 is 2.82 bits per heavy atom. The van der Waals surface area contributed by atoms with E-state index in [0.717, 1.165) is 23.2 Å². The van der Waals surface area contributed by atoms with Crippen LogP contribution in [-0.4, -0.2) is 48.9 Å². The van der Waals surface area contributed by atoms with Crippen molar-refractivity contribution in [3.63, 3.8) is 0 Å². The fraction of sp³-hybridized carbons (Fsp3) is 0.350. The highest BCUT2D eigenvalue weighted by Crippen LogP contribution is 2.36. The minimum atomic E-state index is -0.0971. The lowest BCUT2D eigenvalue weighted by molar-refractivity contribution is 0.0588. The third kappa shape index (κ3) is 2.72. The Kier molecular flexibility index (Phi) is 3.85. The average Bonchev–Trinajstić information content (AvgIpc) is 3.14. The van der Waals surface area contributed by atoms with Crippen molar-refractivity contribution in [2.75, 3.05) is 13.1 Å². The summed E-state index contributed by atoms with van der Waals surface area (Å²) in [6.07, 6.45) is 4.47. The molecule has 0 aromatic carbocycles. The number of aromatic amines is 1. The number of hydrogen-bond acceptors (Lipinski definition) is 5. The van der Waals surface area contributed by atoms with E-state index in [2.05, 4.69) is 26.5 Å². The highest BCUT2D eigenvalue weighted by Gasteiger charge is 2.37. The molecule has 3 aromatic rings. The van der Waals surface area contributed by atoms with Gasteiger partial charge in [0.25, 0.3) is 11.5 Å². The molecule has 3 aromatic heterocycles. The summed E-state index contributed by atoms with van der Waals surface area (Å²) in [5.74, 6) is 0.303. The molecule has 1 fully saturated rings. The van der Waals surface area contributed by atoms with Crippen LogP contribution in [0.5, 0.6) is 0 Å². The Morgan fingerprint density at radius 2 is 2.07 bits per heavy atom. The Hall–Kier alpha value is -3.29. The van der Waals surface area contributed by atoms with E-state index < -0.39 is 0 Å². The normalized spacial score (nSPS) is 20.7. The van der Waals surface area contributed by atoms with Crippen molar-refractivity contribution in [1.82, 2.24) is 29.9 Å². The van der Waals surface area contributed by atoms with Crippen LogP contribution in [0.2, 0.25) is 0 Å². The molecule has 28 heavy (non-hydrogen) atoms. The topological polar surface area (TPSA) is 96.8 Å². The molecule has 2 aliphatic rings. The van der Waals surface area contributed by atoms with Gasteiger partial charge in [-0.25, -0.2) is 0 Å². The number of likely N-dealkylation sites (tertiary alicyclic amines) is 1. The summed E-state index contributed by atoms with van der Waals surface area (Å²) >= 11 is 0. The monoisotopic (exact) mass is 376 g/mol. The number of pyridine rings is 2. The molecule has 8 heteroatoms. The van der Waals surface area contributed by atoms with Gasteiger partial charge in [-0.3, -0.25) is 14.6 Å². The van der Waals surface area contributed by atoms with Crippen molar-refractivity contribution in [3.05, 3.63) is 64.1 Å². The van der Waals surface area contributed by atoms with E-state index in [9.17, 15) is 9.59 Å². The number of nitrogens with zero attached hydrogens (tertiary/aromatic N) is 5. The Morgan fingerprint density at radius 1 is 1.18 bits per heavy atom. The van der Waals surface area contributed by atoms with Crippen molar-refractivity contribution in [2.24, 2.45) is 5.92 Å². The molecule has 5 rings (SSSR count). The van der Waals surface area contributed by atoms with Gasteiger partial charge in [0.2, 0.25) is 0 Å². The zero-order valence-electron chi connectivity index (χ0n) is 15.5. The van der Waals surface area contributed by atoms with Gasteiger partial charge in [0.15, 0.2) is 5.69 Å². The van der Waals surface area contributed by atoms with Crippen LogP contribution in [0.4, 0.5) is 0 Å². The van der Waals surface area contributed by atoms with Crippen molar-refractivity contribution in [2.45, 2.75) is 25.8 Å². The van der Waals surface area contributed by atoms with Crippen LogP contribution in [0.15, 0.2) is 41.5 Å². The standard InChI is InChI=1S/C20H20N6O2/c1-12-19(23-24-22-12)20(28)25-9-13-5-16(11-25)17-6-15(7-18(27)26(17)10-13)14-3-2-4-21-8-14/h2-4,6-8,13,16H,5,9-11H2,1H3,(H,22,23,24)/t13-,16+/m0/s1. The van der Waals surface area contributed by atoms with Gasteiger partial charge in [-0.2, -0.15) is 15.4 Å². The maximum absolute atomic E-state index is 12.9. The van der Waals surface area contributed by atoms with Gasteiger partial charge in [0, 0.05) is 55.3 Å². The second-order valence-electron chi connectivity index (χ2n) is 7.63. The number of piperidine rings is 1. The van der Waals surface area contributed by atoms with Gasteiger partial charge < -0.3 is 9.47 Å². The summed E-state index contributed by atoms with van der Waals surface area (Å²) in [6.45, 7) is 3.63. The molecule has 1 amide bonds. The molecular weight excluding hydrogens is 356 g/mol. The van der Waals surface area contributed by atoms with E-state index in [1.54, 1.807) is 25.4 Å². The van der Waals surface area contributed by atoms with E-state index in [4.69, 9.17) is 0 Å². The second kappa shape index (κ2) is 6.40. The fourth-order valence-corrected chi connectivity index (χ4v) is 4.46. The van der Waals surface area contributed by atoms with E-state index >= 15 is 0 Å². The number of aromatic nitrogens is 5. The minimum absolute atomic E-state index is 0.0122. The molecular formula is C20H20N6O2. The molecule has 0 spiro atoms. The molecule has 8 nitrogen and oxygen atoms in total. The number of H-pyrrole nitrogens is 1. The highest BCUT2D eigenvalue weighted by molar-refractivity contribution is 5.93. The Bertz CT molecular complexity index is 1100. The number of carbonyl (C=O) groups is 1. The van der Waals surface area contributed by atoms with Crippen LogP contribution in [0, 0.1) is 12.8 Å². The molecule has 0 saturated carbocycles. The smallest absolute Gasteiger partial charge is 0.276 e. The summed E-state index contributed by atoms with van der Waals surface area (Å²) in [7, 11) is 0. The lowest BCUT2D eigenvalue weighted by Crippen LogP contribution is -2.49. The van der Waals surface area contributed by atoms with Gasteiger partial charge in [-0.15, -0.1) is 0 Å². The first-order valence-corrected chi connectivity index (χ1v) is 9.42. The zero-order valence-corrected chi connectivity index (χ0v) is 15.5. The maximum atomic E-state index is 12.9. The van der Waals surface area contributed by atoms with Crippen LogP contribution in [0.3, 0.4) is 0 Å². The maximum Gasteiger partial charge on any atom is 0.276 e. The van der Waals surface area contributed by atoms with E-state index in [0.29, 0.717) is 31.0 Å². The van der Waals surface area contributed by atoms with Crippen LogP contribution in [0.25, 0.3) is 11.1 Å². The highest BCUT2D eigenvalue weighted by atomic mass is 16.2. The van der Waals surface area contributed by atoms with E-state index in [1.165, 1.54) is 0 Å². The first-order valence-electron chi connectivity index (χ1n) is 9.42. The minimum Gasteiger partial charge on any atom is -0.336 e. The lowest BCUT2D eigenvalue weighted by Gasteiger charge is -2.42. The number of nitrogens with one attached hydrogen (secondary N) is 1. The number of hydrogen-bond donors (Lipinski definition) is 1. The van der Waals surface area contributed by atoms with Crippen LogP contribution in [0.1, 0.15) is 34.2 Å². The first kappa shape index (κ1) is 16.9. The Labute approximate surface area is 161 Å². The fourth-order valence-electron chi connectivity index (χ4n) is 4.46. The summed E-state index contributed by atoms with van der Waals surface area (Å²) < 4.78 is 1.88. The number of carbonyl (C=O) groups excluding carboxylic acids is 1. The zero-order chi connectivity index (χ0) is 19.3. The third-order valence-corrected chi connectivity index (χ3v) is 5.76. The largest absolute Gasteiger partial charge is 0.336 e. The molecule has 0 aliphatic carbocycles. The van der Waals surface area contributed by atoms with Crippen molar-refractivity contribution >= 4 is 5.91 Å². The second-order valence-corrected chi connectivity index (χ2v) is 7.63. The van der Waals surface area contributed by atoms with Crippen LogP contribution >= 0.6 is 0 Å². The SMILES string of the molecule is Cc1n[nH]nc1C(=O)N1C[C@@H]2C[C@H](C1)c1cc(-c3cccnc3)cc(=O)n1C2. The molecule has 1 saturated heterocycles. The molecule has 1 N–H and O–H groups in total. The summed E-state index contributed by atoms with van der Waals surface area (Å²) in [6, 6.07) is 7.58. The number of amides is 1. The van der Waals surface area contributed by atoms with E-state index in [-0.39, 0.29) is 23.3 Å². The Balaban J connectivity index is 1.50. The molecule has 142 valence electrons. The molecule has 0 unspecified atom stereocenters. The van der Waals surface area contributed by atoms with E-state index in [1.807, 2.05) is 21.6 Å². The van der Waals surface area contributed by atoms with Crippen molar-refractivity contribution < 1.29 is 4.79 Å². The molecule has 2 bridgehead atoms. The lowest BCUT2D eigenvalue weighted by atomic mass is 9.82. The molecule has 2 atom stereocenters. The first-order chi connectivity index (χ1) is 13.6. The summed E-state index contributed by atoms with van der Waals surface area (Å²) in [5.41, 5.74) is 3.79. The third-order valence-electron chi connectivity index (χ3n) is 5.76. The number of rotatable bonds is 2. The van der Waals surface area contributed by atoms with Gasteiger partial charge >= 0.3 is 0 Å².